The molecule has 94 valence electrons. The zero-order valence-corrected chi connectivity index (χ0v) is 10.2. The van der Waals surface area contributed by atoms with Crippen LogP contribution in [0.2, 0.25) is 0 Å². The van der Waals surface area contributed by atoms with Crippen molar-refractivity contribution in [2.45, 2.75) is 6.54 Å². The first-order chi connectivity index (χ1) is 9.33. The SMILES string of the molecule is Fc1cc(NCc2cccc3cccnc23)ccn1. The third-order valence-electron chi connectivity index (χ3n) is 2.93. The van der Waals surface area contributed by atoms with Crippen molar-refractivity contribution >= 4 is 16.6 Å². The summed E-state index contributed by atoms with van der Waals surface area (Å²) in [6.45, 7) is 0.595. The molecule has 19 heavy (non-hydrogen) atoms. The van der Waals surface area contributed by atoms with Gasteiger partial charge in [-0.1, -0.05) is 24.3 Å². The van der Waals surface area contributed by atoms with Gasteiger partial charge in [0.2, 0.25) is 5.95 Å². The van der Waals surface area contributed by atoms with Crippen LogP contribution in [0.25, 0.3) is 10.9 Å². The predicted octanol–water partition coefficient (Wildman–Crippen LogP) is 3.38. The number of nitrogens with zero attached hydrogens (tertiary/aromatic N) is 2. The number of benzene rings is 1. The molecule has 3 aromatic rings. The van der Waals surface area contributed by atoms with Gasteiger partial charge in [0.15, 0.2) is 0 Å². The van der Waals surface area contributed by atoms with E-state index in [1.54, 1.807) is 12.3 Å². The Kier molecular flexibility index (Phi) is 3.06. The molecule has 0 aliphatic carbocycles. The summed E-state index contributed by atoms with van der Waals surface area (Å²) >= 11 is 0. The number of hydrogen-bond donors (Lipinski definition) is 1. The number of fused-ring (bicyclic) bond motifs is 1. The van der Waals surface area contributed by atoms with Crippen molar-refractivity contribution < 1.29 is 4.39 Å². The fourth-order valence-electron chi connectivity index (χ4n) is 2.02. The smallest absolute Gasteiger partial charge is 0.214 e. The molecule has 0 spiro atoms. The normalized spacial score (nSPS) is 10.6. The monoisotopic (exact) mass is 253 g/mol. The van der Waals surface area contributed by atoms with Crippen molar-refractivity contribution in [1.29, 1.82) is 0 Å². The zero-order valence-electron chi connectivity index (χ0n) is 10.2. The van der Waals surface area contributed by atoms with Gasteiger partial charge in [-0.05, 0) is 17.7 Å². The third-order valence-corrected chi connectivity index (χ3v) is 2.93. The Morgan fingerprint density at radius 2 is 1.89 bits per heavy atom. The maximum absolute atomic E-state index is 13.0. The quantitative estimate of drug-likeness (QED) is 0.727. The van der Waals surface area contributed by atoms with E-state index in [9.17, 15) is 4.39 Å². The Hall–Kier alpha value is -2.49. The molecule has 0 radical (unpaired) electrons. The van der Waals surface area contributed by atoms with E-state index in [4.69, 9.17) is 0 Å². The number of pyridine rings is 2. The van der Waals surface area contributed by atoms with E-state index in [2.05, 4.69) is 15.3 Å². The van der Waals surface area contributed by atoms with Gasteiger partial charge >= 0.3 is 0 Å². The molecule has 3 rings (SSSR count). The lowest BCUT2D eigenvalue weighted by Crippen LogP contribution is -2.01. The van der Waals surface area contributed by atoms with E-state index in [0.717, 1.165) is 16.5 Å². The minimum atomic E-state index is -0.485. The fraction of sp³-hybridized carbons (Fsp3) is 0.0667. The molecule has 0 unspecified atom stereocenters. The van der Waals surface area contributed by atoms with Gasteiger partial charge in [-0.2, -0.15) is 4.39 Å². The molecule has 0 atom stereocenters. The summed E-state index contributed by atoms with van der Waals surface area (Å²) in [5.41, 5.74) is 2.75. The minimum absolute atomic E-state index is 0.485. The average Bonchev–Trinajstić information content (AvgIpc) is 2.45. The fourth-order valence-corrected chi connectivity index (χ4v) is 2.02. The van der Waals surface area contributed by atoms with Gasteiger partial charge in [-0.3, -0.25) is 4.98 Å². The van der Waals surface area contributed by atoms with Crippen LogP contribution in [0.4, 0.5) is 10.1 Å². The molecule has 4 heteroatoms. The zero-order chi connectivity index (χ0) is 13.1. The molecule has 0 fully saturated rings. The van der Waals surface area contributed by atoms with Crippen LogP contribution < -0.4 is 5.32 Å². The topological polar surface area (TPSA) is 37.8 Å². The van der Waals surface area contributed by atoms with Gasteiger partial charge in [0.05, 0.1) is 5.52 Å². The van der Waals surface area contributed by atoms with Crippen LogP contribution in [-0.4, -0.2) is 9.97 Å². The molecule has 1 N–H and O–H groups in total. The molecule has 0 bridgehead atoms. The van der Waals surface area contributed by atoms with Gasteiger partial charge in [-0.15, -0.1) is 0 Å². The second kappa shape index (κ2) is 5.02. The molecule has 0 amide bonds. The highest BCUT2D eigenvalue weighted by Gasteiger charge is 2.02. The predicted molar refractivity (Wildman–Crippen MR) is 73.3 cm³/mol. The maximum Gasteiger partial charge on any atom is 0.214 e. The third kappa shape index (κ3) is 2.52. The molecule has 2 heterocycles. The minimum Gasteiger partial charge on any atom is -0.381 e. The Labute approximate surface area is 110 Å². The largest absolute Gasteiger partial charge is 0.381 e. The Morgan fingerprint density at radius 1 is 1.00 bits per heavy atom. The number of halogens is 1. The van der Waals surface area contributed by atoms with Crippen molar-refractivity contribution in [3.05, 3.63) is 66.4 Å². The van der Waals surface area contributed by atoms with Gasteiger partial charge in [0, 0.05) is 36.1 Å². The second-order valence-electron chi connectivity index (χ2n) is 4.21. The number of hydrogen-bond acceptors (Lipinski definition) is 3. The summed E-state index contributed by atoms with van der Waals surface area (Å²) in [5, 5.41) is 4.27. The highest BCUT2D eigenvalue weighted by molar-refractivity contribution is 5.81. The molecule has 3 nitrogen and oxygen atoms in total. The summed E-state index contributed by atoms with van der Waals surface area (Å²) in [6, 6.07) is 13.1. The van der Waals surface area contributed by atoms with Gasteiger partial charge in [0.25, 0.3) is 0 Å². The Balaban J connectivity index is 1.86. The van der Waals surface area contributed by atoms with Crippen LogP contribution in [0.15, 0.2) is 54.9 Å². The van der Waals surface area contributed by atoms with Crippen LogP contribution in [0.3, 0.4) is 0 Å². The van der Waals surface area contributed by atoms with E-state index in [-0.39, 0.29) is 0 Å². The molecule has 0 saturated carbocycles. The lowest BCUT2D eigenvalue weighted by Gasteiger charge is -2.08. The number of nitrogens with one attached hydrogen (secondary N) is 1. The highest BCUT2D eigenvalue weighted by Crippen LogP contribution is 2.17. The molecule has 2 aromatic heterocycles. The first-order valence-corrected chi connectivity index (χ1v) is 6.01. The molecule has 0 aliphatic heterocycles. The standard InChI is InChI=1S/C15H12FN3/c16-14-9-13(6-8-17-14)19-10-12-4-1-3-11-5-2-7-18-15(11)12/h1-9H,10H2,(H,17,19). The van der Waals surface area contributed by atoms with Crippen LogP contribution >= 0.6 is 0 Å². The summed E-state index contributed by atoms with van der Waals surface area (Å²) in [7, 11) is 0. The van der Waals surface area contributed by atoms with E-state index in [1.807, 2.05) is 30.3 Å². The van der Waals surface area contributed by atoms with Gasteiger partial charge in [-0.25, -0.2) is 4.98 Å². The van der Waals surface area contributed by atoms with E-state index >= 15 is 0 Å². The molecule has 0 saturated heterocycles. The first kappa shape index (κ1) is 11.6. The number of anilines is 1. The molecular weight excluding hydrogens is 241 g/mol. The van der Waals surface area contributed by atoms with Crippen LogP contribution in [-0.2, 0) is 6.54 Å². The van der Waals surface area contributed by atoms with Crippen molar-refractivity contribution in [1.82, 2.24) is 9.97 Å². The van der Waals surface area contributed by atoms with Crippen molar-refractivity contribution in [3.8, 4) is 0 Å². The molecule has 1 aromatic carbocycles. The number of aromatic nitrogens is 2. The Morgan fingerprint density at radius 3 is 2.79 bits per heavy atom. The number of para-hydroxylation sites is 1. The Bertz CT molecular complexity index is 707. The summed E-state index contributed by atoms with van der Waals surface area (Å²) < 4.78 is 13.0. The van der Waals surface area contributed by atoms with Crippen molar-refractivity contribution in [2.75, 3.05) is 5.32 Å². The lowest BCUT2D eigenvalue weighted by atomic mass is 10.1. The van der Waals surface area contributed by atoms with Crippen LogP contribution in [0, 0.1) is 5.95 Å². The van der Waals surface area contributed by atoms with E-state index in [0.29, 0.717) is 12.2 Å². The van der Waals surface area contributed by atoms with Gasteiger partial charge < -0.3 is 5.32 Å². The highest BCUT2D eigenvalue weighted by atomic mass is 19.1. The van der Waals surface area contributed by atoms with Crippen molar-refractivity contribution in [2.24, 2.45) is 0 Å². The van der Waals surface area contributed by atoms with E-state index < -0.39 is 5.95 Å². The van der Waals surface area contributed by atoms with E-state index in [1.165, 1.54) is 12.3 Å². The van der Waals surface area contributed by atoms with Gasteiger partial charge in [0.1, 0.15) is 0 Å². The maximum atomic E-state index is 13.0. The summed E-state index contributed by atoms with van der Waals surface area (Å²) in [4.78, 5) is 7.91. The number of rotatable bonds is 3. The average molecular weight is 253 g/mol. The first-order valence-electron chi connectivity index (χ1n) is 6.01. The summed E-state index contributed by atoms with van der Waals surface area (Å²) in [5.74, 6) is -0.485. The van der Waals surface area contributed by atoms with Crippen molar-refractivity contribution in [3.63, 3.8) is 0 Å². The lowest BCUT2D eigenvalue weighted by molar-refractivity contribution is 0.584. The van der Waals surface area contributed by atoms with Crippen LogP contribution in [0.1, 0.15) is 5.56 Å². The summed E-state index contributed by atoms with van der Waals surface area (Å²) in [6.07, 6.45) is 3.22. The molecular formula is C15H12FN3. The molecule has 0 aliphatic rings. The van der Waals surface area contributed by atoms with Crippen LogP contribution in [0.5, 0.6) is 0 Å². The second-order valence-corrected chi connectivity index (χ2v) is 4.21.